The normalized spacial score (nSPS) is 15.4. The smallest absolute Gasteiger partial charge is 0.410 e. The van der Waals surface area contributed by atoms with Crippen LogP contribution in [0.3, 0.4) is 0 Å². The fourth-order valence-corrected chi connectivity index (χ4v) is 4.15. The third-order valence-electron chi connectivity index (χ3n) is 5.83. The van der Waals surface area contributed by atoms with Crippen molar-refractivity contribution in [3.63, 3.8) is 0 Å². The highest BCUT2D eigenvalue weighted by Gasteiger charge is 2.31. The SMILES string of the molecule is CC(C)(C)OC(=O)N1CC[C@H](Oc2ccc(CCc3cc4cc(C#N)ccc4o3)c(OCC(=O)O)c2)C1. The van der Waals surface area contributed by atoms with Gasteiger partial charge in [0.1, 0.15) is 34.5 Å². The zero-order valence-electron chi connectivity index (χ0n) is 21.2. The maximum atomic E-state index is 12.3. The number of fused-ring (bicyclic) bond motifs is 1. The van der Waals surface area contributed by atoms with Crippen LogP contribution in [0.15, 0.2) is 46.9 Å². The van der Waals surface area contributed by atoms with E-state index in [1.165, 1.54) is 0 Å². The number of aryl methyl sites for hydroxylation is 2. The van der Waals surface area contributed by atoms with Gasteiger partial charge >= 0.3 is 12.1 Å². The summed E-state index contributed by atoms with van der Waals surface area (Å²) in [4.78, 5) is 25.1. The van der Waals surface area contributed by atoms with Gasteiger partial charge in [-0.15, -0.1) is 0 Å². The number of nitriles is 1. The van der Waals surface area contributed by atoms with Crippen LogP contribution in [0.25, 0.3) is 11.0 Å². The summed E-state index contributed by atoms with van der Waals surface area (Å²) in [6.07, 6.45) is 1.20. The van der Waals surface area contributed by atoms with Gasteiger partial charge in [0.05, 0.1) is 18.2 Å². The lowest BCUT2D eigenvalue weighted by Gasteiger charge is -2.24. The number of ether oxygens (including phenoxy) is 3. The van der Waals surface area contributed by atoms with Gasteiger partial charge in [-0.05, 0) is 63.1 Å². The van der Waals surface area contributed by atoms with E-state index >= 15 is 0 Å². The Kier molecular flexibility index (Phi) is 7.58. The Morgan fingerprint density at radius 3 is 2.70 bits per heavy atom. The standard InChI is InChI=1S/C28H30N2O7/c1-28(2,3)37-27(33)30-11-10-23(16-30)35-22-8-6-19(25(14-22)34-17-26(31)32)5-7-21-13-20-12-18(15-29)4-9-24(20)36-21/h4,6,8-9,12-14,23H,5,7,10-11,16-17H2,1-3H3,(H,31,32)/t23-/m0/s1. The summed E-state index contributed by atoms with van der Waals surface area (Å²) in [6, 6.07) is 14.6. The van der Waals surface area contributed by atoms with Crippen LogP contribution in [-0.4, -0.2) is 53.5 Å². The first kappa shape index (κ1) is 25.9. The van der Waals surface area contributed by atoms with Crippen molar-refractivity contribution >= 4 is 23.0 Å². The minimum absolute atomic E-state index is 0.209. The molecule has 1 N–H and O–H groups in total. The van der Waals surface area contributed by atoms with E-state index < -0.39 is 18.2 Å². The Morgan fingerprint density at radius 2 is 1.97 bits per heavy atom. The van der Waals surface area contributed by atoms with E-state index in [-0.39, 0.29) is 12.2 Å². The highest BCUT2D eigenvalue weighted by atomic mass is 16.6. The van der Waals surface area contributed by atoms with Crippen molar-refractivity contribution in [1.29, 1.82) is 5.26 Å². The molecule has 37 heavy (non-hydrogen) atoms. The fourth-order valence-electron chi connectivity index (χ4n) is 4.15. The zero-order chi connectivity index (χ0) is 26.6. The molecule has 1 atom stereocenters. The number of carbonyl (C=O) groups excluding carboxylic acids is 1. The van der Waals surface area contributed by atoms with E-state index in [1.54, 1.807) is 29.2 Å². The highest BCUT2D eigenvalue weighted by molar-refractivity contribution is 5.79. The average Bonchev–Trinajstić information content (AvgIpc) is 3.47. The first-order valence-electron chi connectivity index (χ1n) is 12.1. The molecular weight excluding hydrogens is 476 g/mol. The summed E-state index contributed by atoms with van der Waals surface area (Å²) in [5.74, 6) is 0.632. The fraction of sp³-hybridized carbons (Fsp3) is 0.393. The molecule has 0 bridgehead atoms. The van der Waals surface area contributed by atoms with E-state index in [0.29, 0.717) is 55.0 Å². The van der Waals surface area contributed by atoms with E-state index in [2.05, 4.69) is 6.07 Å². The number of rotatable bonds is 8. The molecule has 0 aliphatic carbocycles. The maximum Gasteiger partial charge on any atom is 0.410 e. The van der Waals surface area contributed by atoms with E-state index in [0.717, 1.165) is 16.7 Å². The Labute approximate surface area is 215 Å². The van der Waals surface area contributed by atoms with Crippen LogP contribution < -0.4 is 9.47 Å². The van der Waals surface area contributed by atoms with Crippen LogP contribution in [0.4, 0.5) is 4.79 Å². The number of hydrogen-bond donors (Lipinski definition) is 1. The molecule has 0 radical (unpaired) electrons. The van der Waals surface area contributed by atoms with Crippen molar-refractivity contribution in [3.8, 4) is 17.6 Å². The Hall–Kier alpha value is -4.19. The molecule has 0 spiro atoms. The lowest BCUT2D eigenvalue weighted by atomic mass is 10.1. The Morgan fingerprint density at radius 1 is 1.16 bits per heavy atom. The predicted molar refractivity (Wildman–Crippen MR) is 135 cm³/mol. The molecule has 0 unspecified atom stereocenters. The lowest BCUT2D eigenvalue weighted by molar-refractivity contribution is -0.139. The van der Waals surface area contributed by atoms with E-state index in [1.807, 2.05) is 39.0 Å². The molecule has 1 amide bonds. The number of carboxylic acid groups (broad SMARTS) is 1. The number of aliphatic carboxylic acids is 1. The second-order valence-electron chi connectivity index (χ2n) is 9.98. The van der Waals surface area contributed by atoms with Crippen LogP contribution in [-0.2, 0) is 22.4 Å². The molecule has 2 heterocycles. The second kappa shape index (κ2) is 10.8. The van der Waals surface area contributed by atoms with Gasteiger partial charge in [-0.2, -0.15) is 5.26 Å². The second-order valence-corrected chi connectivity index (χ2v) is 9.98. The summed E-state index contributed by atoms with van der Waals surface area (Å²) < 4.78 is 23.0. The van der Waals surface area contributed by atoms with Crippen LogP contribution >= 0.6 is 0 Å². The molecule has 9 heteroatoms. The van der Waals surface area contributed by atoms with Crippen LogP contribution in [0.5, 0.6) is 11.5 Å². The molecular formula is C28H30N2O7. The van der Waals surface area contributed by atoms with Crippen LogP contribution in [0.2, 0.25) is 0 Å². The van der Waals surface area contributed by atoms with Crippen molar-refractivity contribution in [2.75, 3.05) is 19.7 Å². The third-order valence-corrected chi connectivity index (χ3v) is 5.83. The predicted octanol–water partition coefficient (Wildman–Crippen LogP) is 4.94. The molecule has 2 aromatic carbocycles. The number of amides is 1. The Bertz CT molecular complexity index is 1330. The van der Waals surface area contributed by atoms with Crippen molar-refractivity contribution < 1.29 is 33.3 Å². The summed E-state index contributed by atoms with van der Waals surface area (Å²) in [5, 5.41) is 19.1. The minimum Gasteiger partial charge on any atom is -0.488 e. The van der Waals surface area contributed by atoms with E-state index in [4.69, 9.17) is 29.0 Å². The number of hydrogen-bond acceptors (Lipinski definition) is 7. The number of furan rings is 1. The summed E-state index contributed by atoms with van der Waals surface area (Å²) in [6.45, 7) is 5.94. The topological polar surface area (TPSA) is 122 Å². The van der Waals surface area contributed by atoms with Crippen molar-refractivity contribution in [2.45, 2.75) is 51.7 Å². The molecule has 0 saturated carbocycles. The first-order valence-corrected chi connectivity index (χ1v) is 12.1. The number of benzene rings is 2. The first-order chi connectivity index (χ1) is 17.6. The van der Waals surface area contributed by atoms with Crippen LogP contribution in [0, 0.1) is 11.3 Å². The van der Waals surface area contributed by atoms with Gasteiger partial charge in [-0.1, -0.05) is 6.07 Å². The average molecular weight is 507 g/mol. The van der Waals surface area contributed by atoms with E-state index in [9.17, 15) is 9.59 Å². The van der Waals surface area contributed by atoms with Gasteiger partial charge in [0.2, 0.25) is 0 Å². The van der Waals surface area contributed by atoms with Crippen molar-refractivity contribution in [1.82, 2.24) is 4.90 Å². The molecule has 1 aliphatic heterocycles. The monoisotopic (exact) mass is 506 g/mol. The largest absolute Gasteiger partial charge is 0.488 e. The third kappa shape index (κ3) is 6.94. The zero-order valence-corrected chi connectivity index (χ0v) is 21.2. The summed E-state index contributed by atoms with van der Waals surface area (Å²) in [5.41, 5.74) is 1.52. The molecule has 9 nitrogen and oxygen atoms in total. The summed E-state index contributed by atoms with van der Waals surface area (Å²) >= 11 is 0. The molecule has 3 aromatic rings. The number of nitrogens with zero attached hydrogens (tertiary/aromatic N) is 2. The molecule has 1 saturated heterocycles. The molecule has 1 aliphatic rings. The minimum atomic E-state index is -1.08. The van der Waals surface area contributed by atoms with Gasteiger partial charge in [0.15, 0.2) is 6.61 Å². The van der Waals surface area contributed by atoms with Crippen LogP contribution in [0.1, 0.15) is 44.1 Å². The molecule has 4 rings (SSSR count). The van der Waals surface area contributed by atoms with Gasteiger partial charge in [0.25, 0.3) is 0 Å². The number of carboxylic acids is 1. The number of carbonyl (C=O) groups is 2. The summed E-state index contributed by atoms with van der Waals surface area (Å²) in [7, 11) is 0. The van der Waals surface area contributed by atoms with Gasteiger partial charge in [0, 0.05) is 30.8 Å². The highest BCUT2D eigenvalue weighted by Crippen LogP contribution is 2.29. The quantitative estimate of drug-likeness (QED) is 0.456. The molecule has 1 aromatic heterocycles. The van der Waals surface area contributed by atoms with Gasteiger partial charge < -0.3 is 28.6 Å². The Balaban J connectivity index is 1.43. The number of likely N-dealkylation sites (tertiary alicyclic amines) is 1. The maximum absolute atomic E-state index is 12.3. The molecule has 194 valence electrons. The van der Waals surface area contributed by atoms with Crippen molar-refractivity contribution in [2.24, 2.45) is 0 Å². The molecule has 1 fully saturated rings. The van der Waals surface area contributed by atoms with Gasteiger partial charge in [-0.3, -0.25) is 0 Å². The lowest BCUT2D eigenvalue weighted by Crippen LogP contribution is -2.36. The van der Waals surface area contributed by atoms with Crippen molar-refractivity contribution in [3.05, 3.63) is 59.4 Å². The van der Waals surface area contributed by atoms with Gasteiger partial charge in [-0.25, -0.2) is 9.59 Å².